The monoisotopic (exact) mass is 240 g/mol. The normalized spacial score (nSPS) is 28.2. The van der Waals surface area contributed by atoms with Gasteiger partial charge in [-0.15, -0.1) is 0 Å². The summed E-state index contributed by atoms with van der Waals surface area (Å²) in [6, 6.07) is 1.58. The van der Waals surface area contributed by atoms with Crippen LogP contribution >= 0.6 is 0 Å². The molecule has 0 aromatic heterocycles. The molecule has 0 saturated carbocycles. The van der Waals surface area contributed by atoms with Crippen LogP contribution in [0.2, 0.25) is 0 Å². The average molecular weight is 240 g/mol. The van der Waals surface area contributed by atoms with E-state index in [1.54, 1.807) is 0 Å². The third kappa shape index (κ3) is 4.59. The zero-order chi connectivity index (χ0) is 12.7. The summed E-state index contributed by atoms with van der Waals surface area (Å²) < 4.78 is 0. The van der Waals surface area contributed by atoms with Gasteiger partial charge in [0, 0.05) is 18.6 Å². The Labute approximate surface area is 108 Å². The Morgan fingerprint density at radius 3 is 2.53 bits per heavy atom. The Morgan fingerprint density at radius 1 is 1.24 bits per heavy atom. The molecule has 3 unspecified atom stereocenters. The van der Waals surface area contributed by atoms with E-state index < -0.39 is 0 Å². The predicted octanol–water partition coefficient (Wildman–Crippen LogP) is 3.28. The highest BCUT2D eigenvalue weighted by Gasteiger charge is 2.28. The third-order valence-corrected chi connectivity index (χ3v) is 4.20. The van der Waals surface area contributed by atoms with Crippen LogP contribution in [0.25, 0.3) is 0 Å². The molecule has 2 nitrogen and oxygen atoms in total. The summed E-state index contributed by atoms with van der Waals surface area (Å²) in [5.41, 5.74) is 0. The smallest absolute Gasteiger partial charge is 0.0117 e. The molecule has 0 aromatic rings. The van der Waals surface area contributed by atoms with Gasteiger partial charge in [-0.3, -0.25) is 0 Å². The first-order valence-electron chi connectivity index (χ1n) is 7.70. The quantitative estimate of drug-likeness (QED) is 0.735. The molecule has 1 aliphatic heterocycles. The molecule has 1 aliphatic rings. The second kappa shape index (κ2) is 8.10. The Hall–Kier alpha value is -0.0800. The first-order valence-corrected chi connectivity index (χ1v) is 7.70. The molecule has 0 bridgehead atoms. The second-order valence-electron chi connectivity index (χ2n) is 5.67. The van der Waals surface area contributed by atoms with Crippen molar-refractivity contribution in [3.8, 4) is 0 Å². The summed E-state index contributed by atoms with van der Waals surface area (Å²) in [6.07, 6.45) is 6.59. The highest BCUT2D eigenvalue weighted by Crippen LogP contribution is 2.22. The minimum Gasteiger partial charge on any atom is -0.314 e. The van der Waals surface area contributed by atoms with Crippen LogP contribution in [0.15, 0.2) is 0 Å². The Balaban J connectivity index is 2.39. The summed E-state index contributed by atoms with van der Waals surface area (Å²) >= 11 is 0. The van der Waals surface area contributed by atoms with Crippen molar-refractivity contribution in [1.82, 2.24) is 10.2 Å². The summed E-state index contributed by atoms with van der Waals surface area (Å²) in [5.74, 6) is 0.807. The van der Waals surface area contributed by atoms with E-state index in [1.165, 1.54) is 51.7 Å². The number of piperidine rings is 1. The molecule has 1 rings (SSSR count). The van der Waals surface area contributed by atoms with Gasteiger partial charge in [0.15, 0.2) is 0 Å². The van der Waals surface area contributed by atoms with E-state index in [2.05, 4.69) is 37.9 Å². The molecule has 1 heterocycles. The molecule has 0 aromatic carbocycles. The van der Waals surface area contributed by atoms with Crippen molar-refractivity contribution in [2.45, 2.75) is 71.9 Å². The molecule has 2 heteroatoms. The first kappa shape index (κ1) is 15.0. The molecule has 0 radical (unpaired) electrons. The van der Waals surface area contributed by atoms with Crippen LogP contribution in [-0.2, 0) is 0 Å². The third-order valence-electron chi connectivity index (χ3n) is 4.20. The minimum atomic E-state index is 0.755. The van der Waals surface area contributed by atoms with Gasteiger partial charge in [-0.2, -0.15) is 0 Å². The molecule has 0 aliphatic carbocycles. The first-order chi connectivity index (χ1) is 8.22. The number of rotatable bonds is 7. The lowest BCUT2D eigenvalue weighted by Crippen LogP contribution is -2.51. The number of nitrogens with one attached hydrogen (secondary N) is 1. The molecule has 1 fully saturated rings. The lowest BCUT2D eigenvalue weighted by Gasteiger charge is -2.41. The van der Waals surface area contributed by atoms with Gasteiger partial charge in [0.1, 0.15) is 0 Å². The van der Waals surface area contributed by atoms with Crippen LogP contribution in [0.4, 0.5) is 0 Å². The molecule has 1 saturated heterocycles. The molecular weight excluding hydrogens is 208 g/mol. The fraction of sp³-hybridized carbons (Fsp3) is 1.00. The molecule has 102 valence electrons. The molecule has 17 heavy (non-hydrogen) atoms. The largest absolute Gasteiger partial charge is 0.314 e. The zero-order valence-corrected chi connectivity index (χ0v) is 12.3. The van der Waals surface area contributed by atoms with E-state index in [-0.39, 0.29) is 0 Å². The van der Waals surface area contributed by atoms with Crippen LogP contribution in [0.5, 0.6) is 0 Å². The SMILES string of the molecule is CCCNC1CCN(C(CC)CCC)CC1C. The van der Waals surface area contributed by atoms with Gasteiger partial charge in [0.25, 0.3) is 0 Å². The summed E-state index contributed by atoms with van der Waals surface area (Å²) in [5, 5.41) is 3.70. The molecule has 0 amide bonds. The van der Waals surface area contributed by atoms with Gasteiger partial charge in [0.2, 0.25) is 0 Å². The molecular formula is C15H32N2. The van der Waals surface area contributed by atoms with Crippen molar-refractivity contribution >= 4 is 0 Å². The van der Waals surface area contributed by atoms with E-state index in [4.69, 9.17) is 0 Å². The number of hydrogen-bond acceptors (Lipinski definition) is 2. The highest BCUT2D eigenvalue weighted by molar-refractivity contribution is 4.85. The van der Waals surface area contributed by atoms with E-state index >= 15 is 0 Å². The number of likely N-dealkylation sites (tertiary alicyclic amines) is 1. The Morgan fingerprint density at radius 2 is 2.00 bits per heavy atom. The average Bonchev–Trinajstić information content (AvgIpc) is 2.34. The lowest BCUT2D eigenvalue weighted by atomic mass is 9.91. The lowest BCUT2D eigenvalue weighted by molar-refractivity contribution is 0.0963. The second-order valence-corrected chi connectivity index (χ2v) is 5.67. The van der Waals surface area contributed by atoms with Crippen LogP contribution < -0.4 is 5.32 Å². The summed E-state index contributed by atoms with van der Waals surface area (Å²) in [6.45, 7) is 13.1. The standard InChI is InChI=1S/C15H32N2/c1-5-8-14(7-3)17-11-9-15(13(4)12-17)16-10-6-2/h13-16H,5-12H2,1-4H3. The predicted molar refractivity (Wildman–Crippen MR) is 76.4 cm³/mol. The topological polar surface area (TPSA) is 15.3 Å². The van der Waals surface area contributed by atoms with E-state index in [1.807, 2.05) is 0 Å². The van der Waals surface area contributed by atoms with Crippen molar-refractivity contribution in [3.05, 3.63) is 0 Å². The Bertz CT molecular complexity index is 193. The maximum absolute atomic E-state index is 3.70. The van der Waals surface area contributed by atoms with Crippen LogP contribution in [0.3, 0.4) is 0 Å². The summed E-state index contributed by atoms with van der Waals surface area (Å²) in [4.78, 5) is 2.73. The fourth-order valence-electron chi connectivity index (χ4n) is 3.12. The van der Waals surface area contributed by atoms with Gasteiger partial charge in [-0.1, -0.05) is 34.1 Å². The van der Waals surface area contributed by atoms with Crippen molar-refractivity contribution < 1.29 is 0 Å². The Kier molecular flexibility index (Phi) is 7.14. The van der Waals surface area contributed by atoms with Crippen molar-refractivity contribution in [2.24, 2.45) is 5.92 Å². The maximum atomic E-state index is 3.70. The van der Waals surface area contributed by atoms with E-state index in [0.29, 0.717) is 0 Å². The van der Waals surface area contributed by atoms with E-state index in [9.17, 15) is 0 Å². The maximum Gasteiger partial charge on any atom is 0.0117 e. The fourth-order valence-corrected chi connectivity index (χ4v) is 3.12. The minimum absolute atomic E-state index is 0.755. The number of hydrogen-bond donors (Lipinski definition) is 1. The van der Waals surface area contributed by atoms with Crippen molar-refractivity contribution in [1.29, 1.82) is 0 Å². The highest BCUT2D eigenvalue weighted by atomic mass is 15.2. The molecule has 1 N–H and O–H groups in total. The summed E-state index contributed by atoms with van der Waals surface area (Å²) in [7, 11) is 0. The van der Waals surface area contributed by atoms with Gasteiger partial charge in [-0.05, 0) is 44.7 Å². The van der Waals surface area contributed by atoms with Crippen LogP contribution in [0, 0.1) is 5.92 Å². The van der Waals surface area contributed by atoms with Gasteiger partial charge < -0.3 is 10.2 Å². The van der Waals surface area contributed by atoms with Gasteiger partial charge >= 0.3 is 0 Å². The van der Waals surface area contributed by atoms with Crippen molar-refractivity contribution in [2.75, 3.05) is 19.6 Å². The van der Waals surface area contributed by atoms with Crippen LogP contribution in [-0.4, -0.2) is 36.6 Å². The van der Waals surface area contributed by atoms with Gasteiger partial charge in [0.05, 0.1) is 0 Å². The molecule has 0 spiro atoms. The zero-order valence-electron chi connectivity index (χ0n) is 12.3. The van der Waals surface area contributed by atoms with Crippen LogP contribution in [0.1, 0.15) is 59.8 Å². The van der Waals surface area contributed by atoms with E-state index in [0.717, 1.165) is 18.0 Å². The van der Waals surface area contributed by atoms with Gasteiger partial charge in [-0.25, -0.2) is 0 Å². The molecule has 3 atom stereocenters. The van der Waals surface area contributed by atoms with Crippen molar-refractivity contribution in [3.63, 3.8) is 0 Å². The number of nitrogens with zero attached hydrogens (tertiary/aromatic N) is 1.